The van der Waals surface area contributed by atoms with Crippen LogP contribution in [0.15, 0.2) is 12.1 Å². The van der Waals surface area contributed by atoms with E-state index in [2.05, 4.69) is 46.8 Å². The van der Waals surface area contributed by atoms with Gasteiger partial charge in [0.05, 0.1) is 0 Å². The molecule has 0 amide bonds. The summed E-state index contributed by atoms with van der Waals surface area (Å²) < 4.78 is 0. The summed E-state index contributed by atoms with van der Waals surface area (Å²) in [6.45, 7) is 7.92. The van der Waals surface area contributed by atoms with Crippen molar-refractivity contribution >= 4 is 27.3 Å². The van der Waals surface area contributed by atoms with Crippen molar-refractivity contribution in [1.82, 2.24) is 4.90 Å². The van der Waals surface area contributed by atoms with Gasteiger partial charge in [0.1, 0.15) is 0 Å². The minimum atomic E-state index is 1.11. The van der Waals surface area contributed by atoms with Crippen LogP contribution < -0.4 is 0 Å². The van der Waals surface area contributed by atoms with Crippen molar-refractivity contribution in [2.75, 3.05) is 18.4 Å². The number of hydrogen-bond donors (Lipinski definition) is 0. The first-order chi connectivity index (χ1) is 7.30. The van der Waals surface area contributed by atoms with E-state index in [-0.39, 0.29) is 0 Å². The van der Waals surface area contributed by atoms with Crippen molar-refractivity contribution in [2.24, 2.45) is 0 Å². The Balaban J connectivity index is 2.43. The van der Waals surface area contributed by atoms with Crippen LogP contribution in [0.1, 0.15) is 30.0 Å². The first-order valence-corrected chi connectivity index (χ1v) is 7.59. The van der Waals surface area contributed by atoms with Crippen LogP contribution in [0.25, 0.3) is 0 Å². The molecule has 0 saturated carbocycles. The van der Waals surface area contributed by atoms with Crippen LogP contribution in [0.2, 0.25) is 0 Å². The molecule has 0 aliphatic rings. The molecule has 0 aliphatic carbocycles. The van der Waals surface area contributed by atoms with E-state index in [9.17, 15) is 0 Å². The maximum absolute atomic E-state index is 3.48. The normalized spacial score (nSPS) is 11.2. The quantitative estimate of drug-likeness (QED) is 0.688. The fourth-order valence-corrected chi connectivity index (χ4v) is 2.80. The van der Waals surface area contributed by atoms with Gasteiger partial charge in [-0.05, 0) is 38.1 Å². The van der Waals surface area contributed by atoms with Crippen LogP contribution in [0.4, 0.5) is 0 Å². The fraction of sp³-hybridized carbons (Fsp3) is 0.667. The largest absolute Gasteiger partial charge is 0.299 e. The van der Waals surface area contributed by atoms with Gasteiger partial charge >= 0.3 is 0 Å². The molecule has 0 aliphatic heterocycles. The average molecular weight is 290 g/mol. The van der Waals surface area contributed by atoms with Crippen LogP contribution in [0, 0.1) is 0 Å². The predicted molar refractivity (Wildman–Crippen MR) is 73.1 cm³/mol. The van der Waals surface area contributed by atoms with E-state index >= 15 is 0 Å². The topological polar surface area (TPSA) is 3.24 Å². The number of rotatable bonds is 7. The number of halogens is 1. The van der Waals surface area contributed by atoms with Gasteiger partial charge in [0.15, 0.2) is 0 Å². The molecule has 15 heavy (non-hydrogen) atoms. The monoisotopic (exact) mass is 289 g/mol. The molecule has 0 bridgehead atoms. The molecule has 0 radical (unpaired) electrons. The van der Waals surface area contributed by atoms with Crippen molar-refractivity contribution in [1.29, 1.82) is 0 Å². The molecule has 1 rings (SSSR count). The van der Waals surface area contributed by atoms with Crippen LogP contribution in [0.3, 0.4) is 0 Å². The molecule has 1 aromatic heterocycles. The highest BCUT2D eigenvalue weighted by molar-refractivity contribution is 9.09. The van der Waals surface area contributed by atoms with Gasteiger partial charge in [-0.25, -0.2) is 0 Å². The lowest BCUT2D eigenvalue weighted by molar-refractivity contribution is 0.284. The van der Waals surface area contributed by atoms with E-state index in [0.717, 1.165) is 24.8 Å². The molecule has 0 unspecified atom stereocenters. The Morgan fingerprint density at radius 3 is 2.53 bits per heavy atom. The smallest absolute Gasteiger partial charge is 0.0327 e. The Kier molecular flexibility index (Phi) is 6.53. The van der Waals surface area contributed by atoms with Crippen molar-refractivity contribution in [3.8, 4) is 0 Å². The van der Waals surface area contributed by atoms with Gasteiger partial charge in [0.2, 0.25) is 0 Å². The number of alkyl halides is 1. The molecular weight excluding hydrogens is 270 g/mol. The van der Waals surface area contributed by atoms with Crippen molar-refractivity contribution < 1.29 is 0 Å². The fourth-order valence-electron chi connectivity index (χ4n) is 1.55. The zero-order chi connectivity index (χ0) is 11.1. The molecular formula is C12H20BrNS. The zero-order valence-electron chi connectivity index (χ0n) is 9.63. The van der Waals surface area contributed by atoms with Gasteiger partial charge in [0.25, 0.3) is 0 Å². The summed E-state index contributed by atoms with van der Waals surface area (Å²) in [7, 11) is 0. The summed E-state index contributed by atoms with van der Waals surface area (Å²) in [6.07, 6.45) is 2.40. The number of aryl methyl sites for hydroxylation is 1. The van der Waals surface area contributed by atoms with Gasteiger partial charge in [-0.3, -0.25) is 4.90 Å². The summed E-state index contributed by atoms with van der Waals surface area (Å²) >= 11 is 5.44. The van der Waals surface area contributed by atoms with Gasteiger partial charge in [-0.1, -0.05) is 29.8 Å². The zero-order valence-corrected chi connectivity index (χ0v) is 12.0. The minimum absolute atomic E-state index is 1.11. The number of nitrogens with zero attached hydrogens (tertiary/aromatic N) is 1. The molecule has 3 heteroatoms. The summed E-state index contributed by atoms with van der Waals surface area (Å²) in [5.74, 6) is 0. The lowest BCUT2D eigenvalue weighted by Gasteiger charge is -2.18. The van der Waals surface area contributed by atoms with E-state index in [1.54, 1.807) is 0 Å². The Morgan fingerprint density at radius 1 is 1.27 bits per heavy atom. The maximum atomic E-state index is 3.48. The third-order valence-electron chi connectivity index (χ3n) is 2.50. The Morgan fingerprint density at radius 2 is 2.00 bits per heavy atom. The van der Waals surface area contributed by atoms with Crippen molar-refractivity contribution in [3.63, 3.8) is 0 Å². The molecule has 0 atom stereocenters. The molecule has 86 valence electrons. The molecule has 0 saturated heterocycles. The Bertz CT molecular complexity index is 272. The molecule has 1 aromatic rings. The van der Waals surface area contributed by atoms with Crippen LogP contribution in [0.5, 0.6) is 0 Å². The summed E-state index contributed by atoms with van der Waals surface area (Å²) in [6, 6.07) is 4.54. The standard InChI is InChI=1S/C12H20BrNS/c1-3-11-6-7-12(15-11)10-14(4-2)9-5-8-13/h6-7H,3-5,8-10H2,1-2H3. The van der Waals surface area contributed by atoms with Gasteiger partial charge in [0, 0.05) is 21.6 Å². The Labute approximate surface area is 106 Å². The highest BCUT2D eigenvalue weighted by atomic mass is 79.9. The van der Waals surface area contributed by atoms with Gasteiger partial charge < -0.3 is 0 Å². The van der Waals surface area contributed by atoms with E-state index in [0.29, 0.717) is 0 Å². The van der Waals surface area contributed by atoms with Gasteiger partial charge in [-0.15, -0.1) is 11.3 Å². The molecule has 0 N–H and O–H groups in total. The second-order valence-electron chi connectivity index (χ2n) is 3.63. The van der Waals surface area contributed by atoms with E-state index in [1.165, 1.54) is 22.7 Å². The van der Waals surface area contributed by atoms with E-state index in [1.807, 2.05) is 11.3 Å². The summed E-state index contributed by atoms with van der Waals surface area (Å²) in [4.78, 5) is 5.51. The number of hydrogen-bond acceptors (Lipinski definition) is 2. The summed E-state index contributed by atoms with van der Waals surface area (Å²) in [5, 5.41) is 1.11. The highest BCUT2D eigenvalue weighted by Gasteiger charge is 2.05. The molecule has 1 nitrogen and oxygen atoms in total. The lowest BCUT2D eigenvalue weighted by Crippen LogP contribution is -2.23. The average Bonchev–Trinajstić information content (AvgIpc) is 2.71. The van der Waals surface area contributed by atoms with Crippen molar-refractivity contribution in [3.05, 3.63) is 21.9 Å². The second kappa shape index (κ2) is 7.42. The van der Waals surface area contributed by atoms with Crippen LogP contribution >= 0.6 is 27.3 Å². The molecule has 1 heterocycles. The third-order valence-corrected chi connectivity index (χ3v) is 4.28. The highest BCUT2D eigenvalue weighted by Crippen LogP contribution is 2.18. The van der Waals surface area contributed by atoms with E-state index in [4.69, 9.17) is 0 Å². The van der Waals surface area contributed by atoms with Crippen LogP contribution in [-0.2, 0) is 13.0 Å². The first-order valence-electron chi connectivity index (χ1n) is 5.66. The van der Waals surface area contributed by atoms with Gasteiger partial charge in [-0.2, -0.15) is 0 Å². The Hall–Kier alpha value is 0.140. The molecule has 0 fully saturated rings. The second-order valence-corrected chi connectivity index (χ2v) is 5.68. The van der Waals surface area contributed by atoms with Crippen LogP contribution in [-0.4, -0.2) is 23.3 Å². The minimum Gasteiger partial charge on any atom is -0.299 e. The summed E-state index contributed by atoms with van der Waals surface area (Å²) in [5.41, 5.74) is 0. The first kappa shape index (κ1) is 13.2. The molecule has 0 aromatic carbocycles. The van der Waals surface area contributed by atoms with E-state index < -0.39 is 0 Å². The third kappa shape index (κ3) is 4.66. The lowest BCUT2D eigenvalue weighted by atomic mass is 10.3. The maximum Gasteiger partial charge on any atom is 0.0327 e. The molecule has 0 spiro atoms. The SMILES string of the molecule is CCc1ccc(CN(CC)CCCBr)s1. The number of thiophene rings is 1. The van der Waals surface area contributed by atoms with Crippen molar-refractivity contribution in [2.45, 2.75) is 33.2 Å². The predicted octanol–water partition coefficient (Wildman–Crippen LogP) is 3.92.